The predicted octanol–water partition coefficient (Wildman–Crippen LogP) is 2.13. The molecule has 0 amide bonds. The van der Waals surface area contributed by atoms with Gasteiger partial charge in [-0.3, -0.25) is 0 Å². The fourth-order valence-corrected chi connectivity index (χ4v) is 3.08. The Morgan fingerprint density at radius 1 is 1.27 bits per heavy atom. The lowest BCUT2D eigenvalue weighted by Crippen LogP contribution is -2.34. The summed E-state index contributed by atoms with van der Waals surface area (Å²) in [7, 11) is 2.29. The van der Waals surface area contributed by atoms with Gasteiger partial charge in [-0.05, 0) is 44.2 Å². The third-order valence-electron chi connectivity index (χ3n) is 3.59. The second-order valence-electron chi connectivity index (χ2n) is 4.78. The van der Waals surface area contributed by atoms with Gasteiger partial charge in [0.05, 0.1) is 0 Å². The summed E-state index contributed by atoms with van der Waals surface area (Å²) in [4.78, 5) is 2.57. The van der Waals surface area contributed by atoms with Crippen LogP contribution in [0.3, 0.4) is 0 Å². The van der Waals surface area contributed by atoms with E-state index in [1.165, 1.54) is 25.8 Å². The summed E-state index contributed by atoms with van der Waals surface area (Å²) in [6, 6.07) is 0.891. The molecule has 11 heavy (non-hydrogen) atoms. The van der Waals surface area contributed by atoms with Crippen molar-refractivity contribution in [2.24, 2.45) is 11.3 Å². The molecule has 0 radical (unpaired) electrons. The first kappa shape index (κ1) is 7.60. The molecule has 1 nitrogen and oxygen atoms in total. The highest BCUT2D eigenvalue weighted by Crippen LogP contribution is 2.58. The van der Waals surface area contributed by atoms with E-state index in [1.807, 2.05) is 0 Å². The van der Waals surface area contributed by atoms with Crippen molar-refractivity contribution in [2.75, 3.05) is 13.6 Å². The summed E-state index contributed by atoms with van der Waals surface area (Å²) < 4.78 is 0. The highest BCUT2D eigenvalue weighted by Gasteiger charge is 2.54. The molecular weight excluding hydrogens is 134 g/mol. The SMILES string of the molecule is CC(C)C1N(C)CCC12CC2. The van der Waals surface area contributed by atoms with E-state index in [1.54, 1.807) is 0 Å². The van der Waals surface area contributed by atoms with Crippen molar-refractivity contribution in [1.82, 2.24) is 4.90 Å². The van der Waals surface area contributed by atoms with E-state index in [9.17, 15) is 0 Å². The average molecular weight is 153 g/mol. The quantitative estimate of drug-likeness (QED) is 0.558. The second-order valence-corrected chi connectivity index (χ2v) is 4.78. The predicted molar refractivity (Wildman–Crippen MR) is 47.5 cm³/mol. The van der Waals surface area contributed by atoms with Gasteiger partial charge in [-0.2, -0.15) is 0 Å². The van der Waals surface area contributed by atoms with E-state index in [2.05, 4.69) is 25.8 Å². The molecule has 1 saturated carbocycles. The molecule has 1 spiro atoms. The molecule has 2 aliphatic rings. The van der Waals surface area contributed by atoms with Crippen molar-refractivity contribution < 1.29 is 0 Å². The van der Waals surface area contributed by atoms with Gasteiger partial charge < -0.3 is 4.90 Å². The van der Waals surface area contributed by atoms with Crippen molar-refractivity contribution in [2.45, 2.75) is 39.2 Å². The molecule has 2 fully saturated rings. The number of likely N-dealkylation sites (tertiary alicyclic amines) is 1. The van der Waals surface area contributed by atoms with Crippen molar-refractivity contribution in [3.05, 3.63) is 0 Å². The monoisotopic (exact) mass is 153 g/mol. The van der Waals surface area contributed by atoms with Crippen molar-refractivity contribution >= 4 is 0 Å². The lowest BCUT2D eigenvalue weighted by atomic mass is 9.88. The average Bonchev–Trinajstić information content (AvgIpc) is 2.56. The summed E-state index contributed by atoms with van der Waals surface area (Å²) in [5, 5.41) is 0. The van der Waals surface area contributed by atoms with Gasteiger partial charge in [-0.25, -0.2) is 0 Å². The summed E-state index contributed by atoms with van der Waals surface area (Å²) in [5.41, 5.74) is 0.781. The zero-order valence-corrected chi connectivity index (χ0v) is 7.93. The Morgan fingerprint density at radius 3 is 2.27 bits per heavy atom. The zero-order valence-electron chi connectivity index (χ0n) is 7.93. The first-order valence-electron chi connectivity index (χ1n) is 4.86. The zero-order chi connectivity index (χ0) is 8.06. The fourth-order valence-electron chi connectivity index (χ4n) is 3.08. The maximum absolute atomic E-state index is 2.57. The molecule has 0 aromatic heterocycles. The van der Waals surface area contributed by atoms with Crippen molar-refractivity contribution in [3.63, 3.8) is 0 Å². The highest BCUT2D eigenvalue weighted by molar-refractivity contribution is 5.07. The minimum Gasteiger partial charge on any atom is -0.303 e. The van der Waals surface area contributed by atoms with Crippen LogP contribution in [0.1, 0.15) is 33.1 Å². The lowest BCUT2D eigenvalue weighted by Gasteiger charge is -2.28. The van der Waals surface area contributed by atoms with E-state index in [0.29, 0.717) is 0 Å². The van der Waals surface area contributed by atoms with E-state index in [4.69, 9.17) is 0 Å². The third-order valence-corrected chi connectivity index (χ3v) is 3.59. The molecule has 1 saturated heterocycles. The van der Waals surface area contributed by atoms with Gasteiger partial charge in [0.1, 0.15) is 0 Å². The number of rotatable bonds is 1. The molecule has 1 atom stereocenters. The molecule has 0 N–H and O–H groups in total. The minimum atomic E-state index is 0.781. The lowest BCUT2D eigenvalue weighted by molar-refractivity contribution is 0.199. The van der Waals surface area contributed by atoms with Crippen LogP contribution in [0.15, 0.2) is 0 Å². The normalized spacial score (nSPS) is 35.5. The van der Waals surface area contributed by atoms with Gasteiger partial charge in [0.15, 0.2) is 0 Å². The van der Waals surface area contributed by atoms with Crippen molar-refractivity contribution in [3.8, 4) is 0 Å². The van der Waals surface area contributed by atoms with E-state index in [-0.39, 0.29) is 0 Å². The van der Waals surface area contributed by atoms with Crippen molar-refractivity contribution in [1.29, 1.82) is 0 Å². The molecule has 64 valence electrons. The van der Waals surface area contributed by atoms with Crippen LogP contribution in [0.25, 0.3) is 0 Å². The van der Waals surface area contributed by atoms with Crippen LogP contribution in [0.4, 0.5) is 0 Å². The first-order chi connectivity index (χ1) is 5.16. The maximum atomic E-state index is 2.57. The van der Waals surface area contributed by atoms with Gasteiger partial charge in [-0.15, -0.1) is 0 Å². The molecular formula is C10H19N. The molecule has 0 bridgehead atoms. The third kappa shape index (κ3) is 1.01. The van der Waals surface area contributed by atoms with Crippen LogP contribution in [0.2, 0.25) is 0 Å². The Kier molecular flexibility index (Phi) is 1.54. The van der Waals surface area contributed by atoms with E-state index < -0.39 is 0 Å². The minimum absolute atomic E-state index is 0.781. The van der Waals surface area contributed by atoms with Crippen LogP contribution in [-0.2, 0) is 0 Å². The smallest absolute Gasteiger partial charge is 0.0172 e. The Hall–Kier alpha value is -0.0400. The standard InChI is InChI=1S/C10H19N/c1-8(2)9-10(4-5-10)6-7-11(9)3/h8-9H,4-7H2,1-3H3. The molecule has 1 unspecified atom stereocenters. The number of hydrogen-bond donors (Lipinski definition) is 0. The Balaban J connectivity index is 2.13. The highest BCUT2D eigenvalue weighted by atomic mass is 15.2. The van der Waals surface area contributed by atoms with Crippen LogP contribution < -0.4 is 0 Å². The Morgan fingerprint density at radius 2 is 1.91 bits per heavy atom. The van der Waals surface area contributed by atoms with Gasteiger partial charge in [0.2, 0.25) is 0 Å². The summed E-state index contributed by atoms with van der Waals surface area (Å²) in [5.74, 6) is 0.852. The summed E-state index contributed by atoms with van der Waals surface area (Å²) in [6.07, 6.45) is 4.47. The van der Waals surface area contributed by atoms with Crippen LogP contribution >= 0.6 is 0 Å². The molecule has 1 heteroatoms. The summed E-state index contributed by atoms with van der Waals surface area (Å²) >= 11 is 0. The topological polar surface area (TPSA) is 3.24 Å². The largest absolute Gasteiger partial charge is 0.303 e. The van der Waals surface area contributed by atoms with E-state index in [0.717, 1.165) is 17.4 Å². The van der Waals surface area contributed by atoms with E-state index >= 15 is 0 Å². The van der Waals surface area contributed by atoms with Crippen LogP contribution in [0.5, 0.6) is 0 Å². The molecule has 0 aromatic carbocycles. The number of hydrogen-bond acceptors (Lipinski definition) is 1. The van der Waals surface area contributed by atoms with Crippen LogP contribution in [0, 0.1) is 11.3 Å². The molecule has 1 aliphatic heterocycles. The Bertz CT molecular complexity index is 158. The molecule has 2 rings (SSSR count). The van der Waals surface area contributed by atoms with Gasteiger partial charge in [0.25, 0.3) is 0 Å². The molecule has 1 heterocycles. The van der Waals surface area contributed by atoms with Crippen LogP contribution in [-0.4, -0.2) is 24.5 Å². The number of nitrogens with zero attached hydrogens (tertiary/aromatic N) is 1. The van der Waals surface area contributed by atoms with Gasteiger partial charge >= 0.3 is 0 Å². The fraction of sp³-hybridized carbons (Fsp3) is 1.00. The van der Waals surface area contributed by atoms with Gasteiger partial charge in [0, 0.05) is 6.04 Å². The molecule has 0 aromatic rings. The summed E-state index contributed by atoms with van der Waals surface area (Å²) in [6.45, 7) is 6.07. The second kappa shape index (κ2) is 2.22. The first-order valence-corrected chi connectivity index (χ1v) is 4.86. The molecule has 1 aliphatic carbocycles. The maximum Gasteiger partial charge on any atom is 0.0172 e. The van der Waals surface area contributed by atoms with Gasteiger partial charge in [-0.1, -0.05) is 13.8 Å². The Labute approximate surface area is 69.8 Å².